The number of benzene rings is 2. The second-order valence-electron chi connectivity index (χ2n) is 8.89. The average Bonchev–Trinajstić information content (AvgIpc) is 2.88. The maximum absolute atomic E-state index is 13.2. The molecule has 2 saturated heterocycles. The van der Waals surface area contributed by atoms with Crippen molar-refractivity contribution in [1.82, 2.24) is 14.5 Å². The highest BCUT2D eigenvalue weighted by atomic mass is 32.2. The van der Waals surface area contributed by atoms with Crippen molar-refractivity contribution >= 4 is 21.6 Å². The highest BCUT2D eigenvalue weighted by Gasteiger charge is 2.37. The van der Waals surface area contributed by atoms with Crippen LogP contribution in [0, 0.1) is 0 Å². The normalized spacial score (nSPS) is 21.5. The molecule has 8 heteroatoms. The number of hydrogen-bond acceptors (Lipinski definition) is 5. The Labute approximate surface area is 197 Å². The molecule has 2 unspecified atom stereocenters. The smallest absolute Gasteiger partial charge is 0.243 e. The zero-order chi connectivity index (χ0) is 23.3. The summed E-state index contributed by atoms with van der Waals surface area (Å²) in [7, 11) is -3.69. The van der Waals surface area contributed by atoms with Gasteiger partial charge in [-0.05, 0) is 44.0 Å². The standard InChI is InChI=1S/C25H34N4O3S/c1-21(27-16-18-28(19-17-27)22-10-4-2-5-11-22)20-26-25(30)24-14-8-9-15-29(24)33(31,32)23-12-6-3-7-13-23/h2-7,10-13,21,24H,8-9,14-20H2,1H3,(H,26,30). The summed E-state index contributed by atoms with van der Waals surface area (Å²) in [5.74, 6) is -0.191. The van der Waals surface area contributed by atoms with Crippen molar-refractivity contribution in [2.75, 3.05) is 44.2 Å². The zero-order valence-corrected chi connectivity index (χ0v) is 20.1. The number of carbonyl (C=O) groups excluding carboxylic acids is 1. The fourth-order valence-electron chi connectivity index (χ4n) is 4.74. The van der Waals surface area contributed by atoms with Gasteiger partial charge in [0.1, 0.15) is 6.04 Å². The van der Waals surface area contributed by atoms with Crippen molar-refractivity contribution in [3.05, 3.63) is 60.7 Å². The van der Waals surface area contributed by atoms with Crippen LogP contribution in [-0.4, -0.2) is 74.9 Å². The first-order chi connectivity index (χ1) is 16.0. The number of piperidine rings is 1. The molecule has 0 aromatic heterocycles. The number of para-hydroxylation sites is 1. The molecule has 0 saturated carbocycles. The molecular weight excluding hydrogens is 436 g/mol. The molecule has 1 N–H and O–H groups in total. The SMILES string of the molecule is CC(CNC(=O)C1CCCCN1S(=O)(=O)c1ccccc1)N1CCN(c2ccccc2)CC1. The van der Waals surface area contributed by atoms with E-state index in [4.69, 9.17) is 0 Å². The lowest BCUT2D eigenvalue weighted by Crippen LogP contribution is -2.55. The van der Waals surface area contributed by atoms with E-state index in [0.29, 0.717) is 19.5 Å². The number of rotatable bonds is 7. The summed E-state index contributed by atoms with van der Waals surface area (Å²) in [4.78, 5) is 18.1. The van der Waals surface area contributed by atoms with Crippen molar-refractivity contribution < 1.29 is 13.2 Å². The summed E-state index contributed by atoms with van der Waals surface area (Å²) < 4.78 is 27.7. The molecular formula is C25H34N4O3S. The Balaban J connectivity index is 1.32. The largest absolute Gasteiger partial charge is 0.369 e. The van der Waals surface area contributed by atoms with E-state index in [2.05, 4.69) is 46.3 Å². The van der Waals surface area contributed by atoms with Crippen LogP contribution < -0.4 is 10.2 Å². The number of piperazine rings is 1. The van der Waals surface area contributed by atoms with Crippen molar-refractivity contribution in [2.24, 2.45) is 0 Å². The number of hydrogen-bond donors (Lipinski definition) is 1. The average molecular weight is 471 g/mol. The van der Waals surface area contributed by atoms with Gasteiger partial charge in [-0.3, -0.25) is 9.69 Å². The third-order valence-electron chi connectivity index (χ3n) is 6.74. The minimum atomic E-state index is -3.69. The lowest BCUT2D eigenvalue weighted by molar-refractivity contribution is -0.125. The molecule has 0 spiro atoms. The summed E-state index contributed by atoms with van der Waals surface area (Å²) >= 11 is 0. The van der Waals surface area contributed by atoms with Crippen LogP contribution in [0.15, 0.2) is 65.6 Å². The maximum Gasteiger partial charge on any atom is 0.243 e. The summed E-state index contributed by atoms with van der Waals surface area (Å²) in [6.07, 6.45) is 2.19. The minimum Gasteiger partial charge on any atom is -0.369 e. The van der Waals surface area contributed by atoms with Gasteiger partial charge in [0.05, 0.1) is 4.90 Å². The van der Waals surface area contributed by atoms with Gasteiger partial charge >= 0.3 is 0 Å². The molecule has 7 nitrogen and oxygen atoms in total. The third-order valence-corrected chi connectivity index (χ3v) is 8.66. The first-order valence-corrected chi connectivity index (χ1v) is 13.3. The van der Waals surface area contributed by atoms with E-state index >= 15 is 0 Å². The highest BCUT2D eigenvalue weighted by molar-refractivity contribution is 7.89. The predicted molar refractivity (Wildman–Crippen MR) is 131 cm³/mol. The summed E-state index contributed by atoms with van der Waals surface area (Å²) in [6.45, 7) is 6.79. The number of amides is 1. The van der Waals surface area contributed by atoms with Crippen LogP contribution >= 0.6 is 0 Å². The quantitative estimate of drug-likeness (QED) is 0.673. The summed E-state index contributed by atoms with van der Waals surface area (Å²) in [5.41, 5.74) is 1.25. The molecule has 2 fully saturated rings. The number of sulfonamides is 1. The second-order valence-corrected chi connectivity index (χ2v) is 10.8. The van der Waals surface area contributed by atoms with Crippen LogP contribution in [0.2, 0.25) is 0 Å². The molecule has 0 radical (unpaired) electrons. The minimum absolute atomic E-state index is 0.189. The molecule has 1 amide bonds. The number of nitrogens with one attached hydrogen (secondary N) is 1. The Morgan fingerprint density at radius 1 is 0.939 bits per heavy atom. The van der Waals surface area contributed by atoms with Gasteiger partial charge in [0, 0.05) is 51.0 Å². The second kappa shape index (κ2) is 10.7. The van der Waals surface area contributed by atoms with E-state index in [9.17, 15) is 13.2 Å². The molecule has 2 heterocycles. The summed E-state index contributed by atoms with van der Waals surface area (Å²) in [6, 6.07) is 18.4. The van der Waals surface area contributed by atoms with Gasteiger partial charge in [0.2, 0.25) is 15.9 Å². The molecule has 2 aromatic carbocycles. The Morgan fingerprint density at radius 2 is 1.58 bits per heavy atom. The molecule has 2 aromatic rings. The van der Waals surface area contributed by atoms with Gasteiger partial charge in [0.25, 0.3) is 0 Å². The van der Waals surface area contributed by atoms with Crippen molar-refractivity contribution in [1.29, 1.82) is 0 Å². The number of nitrogens with zero attached hydrogens (tertiary/aromatic N) is 3. The molecule has 0 aliphatic carbocycles. The van der Waals surface area contributed by atoms with E-state index in [1.807, 2.05) is 6.07 Å². The monoisotopic (exact) mass is 470 g/mol. The van der Waals surface area contributed by atoms with Crippen LogP contribution in [0.5, 0.6) is 0 Å². The van der Waals surface area contributed by atoms with Crippen molar-refractivity contribution in [3.8, 4) is 0 Å². The van der Waals surface area contributed by atoms with Gasteiger partial charge in [-0.15, -0.1) is 0 Å². The Hall–Kier alpha value is -2.42. The Kier molecular flexibility index (Phi) is 7.67. The third kappa shape index (κ3) is 5.57. The van der Waals surface area contributed by atoms with Gasteiger partial charge < -0.3 is 10.2 Å². The van der Waals surface area contributed by atoms with E-state index in [1.165, 1.54) is 9.99 Å². The van der Waals surface area contributed by atoms with Crippen LogP contribution in [0.4, 0.5) is 5.69 Å². The molecule has 2 aliphatic heterocycles. The van der Waals surface area contributed by atoms with Crippen LogP contribution in [0.1, 0.15) is 26.2 Å². The maximum atomic E-state index is 13.2. The van der Waals surface area contributed by atoms with Crippen LogP contribution in [0.3, 0.4) is 0 Å². The fourth-order valence-corrected chi connectivity index (χ4v) is 6.41. The Bertz CT molecular complexity index is 1010. The summed E-state index contributed by atoms with van der Waals surface area (Å²) in [5, 5.41) is 3.05. The van der Waals surface area contributed by atoms with Crippen molar-refractivity contribution in [2.45, 2.75) is 43.2 Å². The fraction of sp³-hybridized carbons (Fsp3) is 0.480. The molecule has 4 rings (SSSR count). The topological polar surface area (TPSA) is 73.0 Å². The predicted octanol–water partition coefficient (Wildman–Crippen LogP) is 2.56. The molecule has 0 bridgehead atoms. The van der Waals surface area contributed by atoms with Crippen LogP contribution in [0.25, 0.3) is 0 Å². The lowest BCUT2D eigenvalue weighted by atomic mass is 10.0. The van der Waals surface area contributed by atoms with E-state index in [1.54, 1.807) is 30.3 Å². The number of anilines is 1. The molecule has 178 valence electrons. The van der Waals surface area contributed by atoms with Gasteiger partial charge in [-0.2, -0.15) is 4.31 Å². The van der Waals surface area contributed by atoms with Crippen molar-refractivity contribution in [3.63, 3.8) is 0 Å². The molecule has 2 atom stereocenters. The molecule has 33 heavy (non-hydrogen) atoms. The van der Waals surface area contributed by atoms with E-state index in [0.717, 1.165) is 39.0 Å². The van der Waals surface area contributed by atoms with E-state index < -0.39 is 16.1 Å². The van der Waals surface area contributed by atoms with Gasteiger partial charge in [-0.1, -0.05) is 42.8 Å². The van der Waals surface area contributed by atoms with E-state index in [-0.39, 0.29) is 16.8 Å². The Morgan fingerprint density at radius 3 is 2.24 bits per heavy atom. The van der Waals surface area contributed by atoms with Crippen LogP contribution in [-0.2, 0) is 14.8 Å². The molecule has 2 aliphatic rings. The highest BCUT2D eigenvalue weighted by Crippen LogP contribution is 2.25. The van der Waals surface area contributed by atoms with Gasteiger partial charge in [-0.25, -0.2) is 8.42 Å². The first-order valence-electron chi connectivity index (χ1n) is 11.9. The first kappa shape index (κ1) is 23.7. The van der Waals surface area contributed by atoms with Gasteiger partial charge in [0.15, 0.2) is 0 Å². The number of carbonyl (C=O) groups is 1. The lowest BCUT2D eigenvalue weighted by Gasteiger charge is -2.39. The zero-order valence-electron chi connectivity index (χ0n) is 19.3.